The van der Waals surface area contributed by atoms with Gasteiger partial charge >= 0.3 is 5.97 Å². The maximum Gasteiger partial charge on any atom is 0.327 e. The zero-order chi connectivity index (χ0) is 16.6. The summed E-state index contributed by atoms with van der Waals surface area (Å²) >= 11 is 2.19. The molecule has 1 atom stereocenters. The Bertz CT molecular complexity index is 535. The highest BCUT2D eigenvalue weighted by atomic mass is 127. The summed E-state index contributed by atoms with van der Waals surface area (Å²) in [5.74, 6) is -0.363. The van der Waals surface area contributed by atoms with E-state index in [0.29, 0.717) is 0 Å². The third kappa shape index (κ3) is 3.68. The summed E-state index contributed by atoms with van der Waals surface area (Å²) in [5.41, 5.74) is 0.979. The average Bonchev–Trinajstić information content (AvgIpc) is 2.62. The minimum absolute atomic E-state index is 0.0291. The quantitative estimate of drug-likeness (QED) is 0.459. The van der Waals surface area contributed by atoms with Gasteiger partial charge in [-0.2, -0.15) is 5.10 Å². The summed E-state index contributed by atoms with van der Waals surface area (Å²) in [5, 5.41) is 15.4. The van der Waals surface area contributed by atoms with Gasteiger partial charge in [-0.1, -0.05) is 33.9 Å². The molecule has 0 amide bonds. The first kappa shape index (κ1) is 18.6. The summed E-state index contributed by atoms with van der Waals surface area (Å²) in [6.45, 7) is 12.7. The minimum Gasteiger partial charge on any atom is -0.468 e. The number of aliphatic hydroxyl groups excluding tert-OH is 1. The third-order valence-corrected chi connectivity index (χ3v) is 11.3. The SMILES string of the molecule is COC(=O)Cn1nc(C)c(I)c1C(O)[Si](C)(C)C(C)(C)C. The second-order valence-corrected chi connectivity index (χ2v) is 13.5. The number of aromatic nitrogens is 2. The number of aliphatic hydroxyl groups is 1. The molecular formula is C14H25IN2O3Si. The molecule has 7 heteroatoms. The molecule has 0 aliphatic carbocycles. The van der Waals surface area contributed by atoms with Crippen LogP contribution in [0, 0.1) is 10.5 Å². The molecule has 0 bridgehead atoms. The second-order valence-electron chi connectivity index (χ2n) is 6.89. The van der Waals surface area contributed by atoms with Crippen LogP contribution in [0.1, 0.15) is 37.9 Å². The lowest BCUT2D eigenvalue weighted by Gasteiger charge is -2.40. The molecular weight excluding hydrogens is 399 g/mol. The molecule has 0 spiro atoms. The number of aryl methyl sites for hydroxylation is 1. The van der Waals surface area contributed by atoms with E-state index in [1.165, 1.54) is 7.11 Å². The van der Waals surface area contributed by atoms with Crippen molar-refractivity contribution in [2.45, 2.75) is 58.1 Å². The van der Waals surface area contributed by atoms with E-state index in [-0.39, 0.29) is 17.6 Å². The van der Waals surface area contributed by atoms with Crippen LogP contribution in [0.5, 0.6) is 0 Å². The fraction of sp³-hybridized carbons (Fsp3) is 0.714. The van der Waals surface area contributed by atoms with Crippen molar-refractivity contribution in [3.05, 3.63) is 15.0 Å². The summed E-state index contributed by atoms with van der Waals surface area (Å²) in [7, 11) is -0.667. The Labute approximate surface area is 141 Å². The van der Waals surface area contributed by atoms with Gasteiger partial charge in [0.25, 0.3) is 0 Å². The Morgan fingerprint density at radius 1 is 1.48 bits per heavy atom. The maximum absolute atomic E-state index is 11.6. The average molecular weight is 424 g/mol. The first-order valence-corrected chi connectivity index (χ1v) is 11.1. The molecule has 5 nitrogen and oxygen atoms in total. The number of esters is 1. The van der Waals surface area contributed by atoms with Gasteiger partial charge in [-0.05, 0) is 34.6 Å². The topological polar surface area (TPSA) is 64.4 Å². The first-order chi connectivity index (χ1) is 9.43. The van der Waals surface area contributed by atoms with Crippen LogP contribution < -0.4 is 0 Å². The molecule has 21 heavy (non-hydrogen) atoms. The molecule has 0 aliphatic rings. The van der Waals surface area contributed by atoms with Crippen LogP contribution in [0.15, 0.2) is 0 Å². The van der Waals surface area contributed by atoms with E-state index in [1.54, 1.807) is 4.68 Å². The highest BCUT2D eigenvalue weighted by Gasteiger charge is 2.44. The van der Waals surface area contributed by atoms with Gasteiger partial charge in [0.2, 0.25) is 0 Å². The molecule has 0 aliphatic heterocycles. The first-order valence-electron chi connectivity index (χ1n) is 6.91. The van der Waals surface area contributed by atoms with Gasteiger partial charge < -0.3 is 9.84 Å². The number of ether oxygens (including phenoxy) is 1. The monoisotopic (exact) mass is 424 g/mol. The lowest BCUT2D eigenvalue weighted by molar-refractivity contribution is -0.141. The van der Waals surface area contributed by atoms with E-state index in [1.807, 2.05) is 6.92 Å². The van der Waals surface area contributed by atoms with Crippen molar-refractivity contribution in [2.75, 3.05) is 7.11 Å². The molecule has 1 aromatic rings. The zero-order valence-electron chi connectivity index (χ0n) is 13.8. The Morgan fingerprint density at radius 2 is 2.00 bits per heavy atom. The van der Waals surface area contributed by atoms with Gasteiger partial charge in [-0.3, -0.25) is 9.48 Å². The summed E-state index contributed by atoms with van der Waals surface area (Å²) < 4.78 is 7.23. The van der Waals surface area contributed by atoms with Crippen LogP contribution in [-0.2, 0) is 16.1 Å². The van der Waals surface area contributed by atoms with Crippen molar-refractivity contribution < 1.29 is 14.6 Å². The Balaban J connectivity index is 3.32. The normalized spacial score (nSPS) is 14.1. The van der Waals surface area contributed by atoms with Crippen molar-refractivity contribution in [1.82, 2.24) is 9.78 Å². The maximum atomic E-state index is 11.6. The number of hydrogen-bond acceptors (Lipinski definition) is 4. The van der Waals surface area contributed by atoms with E-state index in [4.69, 9.17) is 4.74 Å². The van der Waals surface area contributed by atoms with Gasteiger partial charge in [-0.25, -0.2) is 0 Å². The molecule has 120 valence electrons. The van der Waals surface area contributed by atoms with E-state index >= 15 is 0 Å². The number of halogens is 1. The molecule has 0 saturated carbocycles. The van der Waals surface area contributed by atoms with E-state index in [0.717, 1.165) is 15.0 Å². The Morgan fingerprint density at radius 3 is 2.43 bits per heavy atom. The third-order valence-electron chi connectivity index (χ3n) is 4.47. The van der Waals surface area contributed by atoms with Crippen molar-refractivity contribution in [2.24, 2.45) is 0 Å². The number of carbonyl (C=O) groups is 1. The summed E-state index contributed by atoms with van der Waals surface area (Å²) in [4.78, 5) is 11.6. The van der Waals surface area contributed by atoms with Gasteiger partial charge in [0.15, 0.2) is 0 Å². The molecule has 1 heterocycles. The lowest BCUT2D eigenvalue weighted by Crippen LogP contribution is -2.45. The Kier molecular flexibility index (Phi) is 5.65. The Hall–Kier alpha value is -0.413. The molecule has 0 fully saturated rings. The van der Waals surface area contributed by atoms with Gasteiger partial charge in [0, 0.05) is 0 Å². The summed E-state index contributed by atoms with van der Waals surface area (Å²) in [6, 6.07) is 0. The van der Waals surface area contributed by atoms with Crippen molar-refractivity contribution in [1.29, 1.82) is 0 Å². The van der Waals surface area contributed by atoms with Crippen molar-refractivity contribution in [3.63, 3.8) is 0 Å². The van der Waals surface area contributed by atoms with Crippen LogP contribution >= 0.6 is 22.6 Å². The minimum atomic E-state index is -2.02. The highest BCUT2D eigenvalue weighted by Crippen LogP contribution is 2.44. The number of rotatable bonds is 4. The van der Waals surface area contributed by atoms with E-state index < -0.39 is 13.8 Å². The van der Waals surface area contributed by atoms with E-state index in [2.05, 4.69) is 61.6 Å². The van der Waals surface area contributed by atoms with E-state index in [9.17, 15) is 9.90 Å². The van der Waals surface area contributed by atoms with Gasteiger partial charge in [0.05, 0.1) is 35.9 Å². The molecule has 1 aromatic heterocycles. The molecule has 0 saturated heterocycles. The molecule has 1 unspecified atom stereocenters. The number of nitrogens with zero attached hydrogens (tertiary/aromatic N) is 2. The molecule has 0 radical (unpaired) electrons. The predicted molar refractivity (Wildman–Crippen MR) is 93.9 cm³/mol. The van der Waals surface area contributed by atoms with Gasteiger partial charge in [-0.15, -0.1) is 0 Å². The summed E-state index contributed by atoms with van der Waals surface area (Å²) in [6.07, 6.45) is 0. The molecule has 0 aromatic carbocycles. The zero-order valence-corrected chi connectivity index (χ0v) is 17.0. The molecule has 1 N–H and O–H groups in total. The van der Waals surface area contributed by atoms with Gasteiger partial charge in [0.1, 0.15) is 6.54 Å². The number of carbonyl (C=O) groups excluding carboxylic acids is 1. The lowest BCUT2D eigenvalue weighted by atomic mass is 10.2. The fourth-order valence-corrected chi connectivity index (χ4v) is 4.67. The number of hydrogen-bond donors (Lipinski definition) is 1. The van der Waals surface area contributed by atoms with Crippen molar-refractivity contribution >= 4 is 36.6 Å². The fourth-order valence-electron chi connectivity index (χ4n) is 1.90. The van der Waals surface area contributed by atoms with Crippen LogP contribution in [-0.4, -0.2) is 36.0 Å². The number of methoxy groups -OCH3 is 1. The van der Waals surface area contributed by atoms with Crippen LogP contribution in [0.4, 0.5) is 0 Å². The van der Waals surface area contributed by atoms with Crippen LogP contribution in [0.3, 0.4) is 0 Å². The largest absolute Gasteiger partial charge is 0.468 e. The van der Waals surface area contributed by atoms with Crippen LogP contribution in [0.2, 0.25) is 18.1 Å². The highest BCUT2D eigenvalue weighted by molar-refractivity contribution is 14.1. The second kappa shape index (κ2) is 6.37. The van der Waals surface area contributed by atoms with Crippen molar-refractivity contribution in [3.8, 4) is 0 Å². The predicted octanol–water partition coefficient (Wildman–Crippen LogP) is 3.05. The molecule has 1 rings (SSSR count). The smallest absolute Gasteiger partial charge is 0.327 e. The standard InChI is InChI=1S/C14H25IN2O3Si/c1-9-11(15)12(17(16-9)8-10(18)20-5)13(19)21(6,7)14(2,3)4/h13,19H,8H2,1-7H3. The van der Waals surface area contributed by atoms with Crippen LogP contribution in [0.25, 0.3) is 0 Å².